The highest BCUT2D eigenvalue weighted by Gasteiger charge is 2.42. The van der Waals surface area contributed by atoms with Gasteiger partial charge < -0.3 is 10.0 Å². The third-order valence-corrected chi connectivity index (χ3v) is 7.52. The Hall–Kier alpha value is -3.17. The molecule has 3 heteroatoms. The van der Waals surface area contributed by atoms with Crippen molar-refractivity contribution in [1.82, 2.24) is 4.90 Å². The normalized spacial score (nSPS) is 17.5. The highest BCUT2D eigenvalue weighted by molar-refractivity contribution is 5.84. The Balaban J connectivity index is 1.32. The number of aliphatic carboxylic acids is 1. The molecule has 0 amide bonds. The van der Waals surface area contributed by atoms with Crippen molar-refractivity contribution < 1.29 is 9.90 Å². The first-order valence-electron chi connectivity index (χ1n) is 12.1. The van der Waals surface area contributed by atoms with E-state index in [1.165, 1.54) is 27.8 Å². The van der Waals surface area contributed by atoms with E-state index in [9.17, 15) is 9.90 Å². The Morgan fingerprint density at radius 3 is 1.94 bits per heavy atom. The summed E-state index contributed by atoms with van der Waals surface area (Å²) in [6.45, 7) is 2.59. The van der Waals surface area contributed by atoms with Crippen LogP contribution in [0.1, 0.15) is 47.1 Å². The van der Waals surface area contributed by atoms with Crippen LogP contribution in [0.3, 0.4) is 0 Å². The van der Waals surface area contributed by atoms with Gasteiger partial charge in [-0.2, -0.15) is 0 Å². The van der Waals surface area contributed by atoms with E-state index >= 15 is 0 Å². The summed E-state index contributed by atoms with van der Waals surface area (Å²) in [6, 6.07) is 27.4. The van der Waals surface area contributed by atoms with E-state index in [2.05, 4.69) is 59.5 Å². The monoisotopic (exact) mass is 437 g/mol. The summed E-state index contributed by atoms with van der Waals surface area (Å²) in [5.74, 6) is -0.692. The molecule has 1 aliphatic heterocycles. The zero-order valence-corrected chi connectivity index (χ0v) is 19.0. The molecule has 1 heterocycles. The molecule has 2 aliphatic rings. The lowest BCUT2D eigenvalue weighted by Crippen LogP contribution is -2.47. The van der Waals surface area contributed by atoms with Crippen LogP contribution in [-0.4, -0.2) is 35.6 Å². The molecule has 0 radical (unpaired) electrons. The maximum absolute atomic E-state index is 12.2. The smallest absolute Gasteiger partial charge is 0.314 e. The molecule has 3 aromatic carbocycles. The van der Waals surface area contributed by atoms with Gasteiger partial charge in [-0.1, -0.05) is 84.9 Å². The number of fused-ring (bicyclic) bond motifs is 2. The Morgan fingerprint density at radius 2 is 1.36 bits per heavy atom. The van der Waals surface area contributed by atoms with Crippen LogP contribution in [0.15, 0.2) is 84.9 Å². The second kappa shape index (κ2) is 9.36. The van der Waals surface area contributed by atoms with E-state index in [4.69, 9.17) is 0 Å². The number of piperidine rings is 1. The van der Waals surface area contributed by atoms with Gasteiger partial charge in [-0.25, -0.2) is 0 Å². The molecule has 0 aromatic heterocycles. The lowest BCUT2D eigenvalue weighted by atomic mass is 9.73. The minimum absolute atomic E-state index is 0.661. The zero-order valence-electron chi connectivity index (χ0n) is 19.0. The minimum Gasteiger partial charge on any atom is -0.481 e. The number of benzene rings is 3. The lowest BCUT2D eigenvalue weighted by molar-refractivity contribution is -0.146. The molecule has 0 saturated carbocycles. The Morgan fingerprint density at radius 1 is 0.818 bits per heavy atom. The van der Waals surface area contributed by atoms with Gasteiger partial charge in [0.15, 0.2) is 0 Å². The lowest BCUT2D eigenvalue weighted by Gasteiger charge is -2.39. The van der Waals surface area contributed by atoms with Crippen molar-refractivity contribution in [3.05, 3.63) is 113 Å². The van der Waals surface area contributed by atoms with Gasteiger partial charge in [-0.15, -0.1) is 0 Å². The maximum Gasteiger partial charge on any atom is 0.314 e. The van der Waals surface area contributed by atoms with Gasteiger partial charge >= 0.3 is 5.97 Å². The van der Waals surface area contributed by atoms with Crippen LogP contribution >= 0.6 is 0 Å². The first-order chi connectivity index (χ1) is 16.2. The highest BCUT2D eigenvalue weighted by atomic mass is 16.4. The van der Waals surface area contributed by atoms with Gasteiger partial charge in [0.1, 0.15) is 0 Å². The average molecular weight is 438 g/mol. The highest BCUT2D eigenvalue weighted by Crippen LogP contribution is 2.37. The third-order valence-electron chi connectivity index (χ3n) is 7.52. The van der Waals surface area contributed by atoms with Crippen LogP contribution in [-0.2, 0) is 23.1 Å². The summed E-state index contributed by atoms with van der Waals surface area (Å²) >= 11 is 0. The SMILES string of the molecule is O=C(O)C1(c2ccccc2)CCN(CCC=C2c3ccccc3CCc3ccccc32)CC1. The fraction of sp³-hybridized carbons (Fsp3) is 0.300. The van der Waals surface area contributed by atoms with Crippen LogP contribution in [0.4, 0.5) is 0 Å². The number of hydrogen-bond acceptors (Lipinski definition) is 2. The number of hydrogen-bond donors (Lipinski definition) is 1. The van der Waals surface area contributed by atoms with Gasteiger partial charge in [0, 0.05) is 6.54 Å². The first-order valence-corrected chi connectivity index (χ1v) is 12.1. The van der Waals surface area contributed by atoms with Crippen molar-refractivity contribution in [1.29, 1.82) is 0 Å². The zero-order chi connectivity index (χ0) is 22.7. The molecule has 33 heavy (non-hydrogen) atoms. The Labute approximate surface area is 196 Å². The standard InChI is InChI=1S/C30H31NO2/c32-29(33)30(25-11-2-1-3-12-25)18-21-31(22-19-30)20-8-15-28-26-13-6-4-9-23(26)16-17-24-10-5-7-14-27(24)28/h1-7,9-15H,8,16-22H2,(H,32,33). The maximum atomic E-state index is 12.2. The van der Waals surface area contributed by atoms with E-state index in [1.807, 2.05) is 30.3 Å². The molecule has 1 aliphatic carbocycles. The Bertz CT molecular complexity index is 1110. The molecule has 0 spiro atoms. The van der Waals surface area contributed by atoms with Crippen LogP contribution in [0.5, 0.6) is 0 Å². The van der Waals surface area contributed by atoms with E-state index < -0.39 is 11.4 Å². The van der Waals surface area contributed by atoms with E-state index in [0.717, 1.165) is 44.5 Å². The van der Waals surface area contributed by atoms with Gasteiger partial charge in [0.2, 0.25) is 0 Å². The van der Waals surface area contributed by atoms with Crippen molar-refractivity contribution >= 4 is 11.5 Å². The summed E-state index contributed by atoms with van der Waals surface area (Å²) < 4.78 is 0. The summed E-state index contributed by atoms with van der Waals surface area (Å²) in [7, 11) is 0. The molecule has 1 N–H and O–H groups in total. The van der Waals surface area contributed by atoms with Crippen molar-refractivity contribution in [3.8, 4) is 0 Å². The quantitative estimate of drug-likeness (QED) is 0.555. The number of likely N-dealkylation sites (tertiary alicyclic amines) is 1. The van der Waals surface area contributed by atoms with Gasteiger partial charge in [0.25, 0.3) is 0 Å². The predicted molar refractivity (Wildman–Crippen MR) is 133 cm³/mol. The van der Waals surface area contributed by atoms with Gasteiger partial charge in [0.05, 0.1) is 5.41 Å². The molecule has 3 nitrogen and oxygen atoms in total. The van der Waals surface area contributed by atoms with Crippen LogP contribution in [0, 0.1) is 0 Å². The van der Waals surface area contributed by atoms with Gasteiger partial charge in [-0.05, 0) is 78.6 Å². The third kappa shape index (κ3) is 4.26. The predicted octanol–water partition coefficient (Wildman–Crippen LogP) is 5.73. The summed E-state index contributed by atoms with van der Waals surface area (Å²) in [5.41, 5.74) is 7.09. The summed E-state index contributed by atoms with van der Waals surface area (Å²) in [5, 5.41) is 10.1. The number of nitrogens with zero attached hydrogens (tertiary/aromatic N) is 1. The molecule has 0 unspecified atom stereocenters. The molecular formula is C30H31NO2. The molecule has 0 atom stereocenters. The van der Waals surface area contributed by atoms with Crippen LogP contribution in [0.25, 0.3) is 5.57 Å². The Kier molecular flexibility index (Phi) is 6.15. The molecule has 1 saturated heterocycles. The molecule has 0 bridgehead atoms. The number of carboxylic acids is 1. The topological polar surface area (TPSA) is 40.5 Å². The molecule has 5 rings (SSSR count). The van der Waals surface area contributed by atoms with E-state index in [0.29, 0.717) is 12.8 Å². The van der Waals surface area contributed by atoms with Crippen LogP contribution < -0.4 is 0 Å². The fourth-order valence-corrected chi connectivity index (χ4v) is 5.57. The van der Waals surface area contributed by atoms with Gasteiger partial charge in [-0.3, -0.25) is 4.79 Å². The number of aryl methyl sites for hydroxylation is 2. The van der Waals surface area contributed by atoms with E-state index in [-0.39, 0.29) is 0 Å². The summed E-state index contributed by atoms with van der Waals surface area (Å²) in [4.78, 5) is 14.7. The largest absolute Gasteiger partial charge is 0.481 e. The average Bonchev–Trinajstić information content (AvgIpc) is 3.02. The van der Waals surface area contributed by atoms with E-state index in [1.54, 1.807) is 0 Å². The number of carbonyl (C=O) groups is 1. The van der Waals surface area contributed by atoms with Crippen molar-refractivity contribution in [2.45, 2.75) is 37.5 Å². The fourth-order valence-electron chi connectivity index (χ4n) is 5.57. The second-order valence-corrected chi connectivity index (χ2v) is 9.32. The molecule has 3 aromatic rings. The van der Waals surface area contributed by atoms with Crippen molar-refractivity contribution in [2.75, 3.05) is 19.6 Å². The minimum atomic E-state index is -0.755. The molecular weight excluding hydrogens is 406 g/mol. The van der Waals surface area contributed by atoms with Crippen molar-refractivity contribution in [3.63, 3.8) is 0 Å². The molecule has 1 fully saturated rings. The van der Waals surface area contributed by atoms with Crippen molar-refractivity contribution in [2.24, 2.45) is 0 Å². The number of rotatable bonds is 5. The first kappa shape index (κ1) is 21.7. The number of carboxylic acid groups (broad SMARTS) is 1. The second-order valence-electron chi connectivity index (χ2n) is 9.32. The van der Waals surface area contributed by atoms with Crippen LogP contribution in [0.2, 0.25) is 0 Å². The summed E-state index contributed by atoms with van der Waals surface area (Å²) in [6.07, 6.45) is 6.84. The molecule has 168 valence electrons.